The predicted molar refractivity (Wildman–Crippen MR) is 104 cm³/mol. The van der Waals surface area contributed by atoms with Gasteiger partial charge in [-0.2, -0.15) is 4.31 Å². The maximum absolute atomic E-state index is 13.0. The maximum Gasteiger partial charge on any atom is 0.259 e. The monoisotopic (exact) mass is 402 g/mol. The zero-order valence-corrected chi connectivity index (χ0v) is 16.0. The summed E-state index contributed by atoms with van der Waals surface area (Å²) >= 11 is 1.31. The minimum Gasteiger partial charge on any atom is -0.371 e. The van der Waals surface area contributed by atoms with Crippen LogP contribution in [0.2, 0.25) is 0 Å². The molecule has 0 saturated carbocycles. The maximum atomic E-state index is 13.0. The summed E-state index contributed by atoms with van der Waals surface area (Å²) in [5.41, 5.74) is 6.26. The molecule has 0 radical (unpaired) electrons. The number of amides is 1. The van der Waals surface area contributed by atoms with Gasteiger partial charge in [-0.1, -0.05) is 36.4 Å². The second kappa shape index (κ2) is 7.05. The Labute approximate surface area is 161 Å². The topological polar surface area (TPSA) is 89.7 Å². The van der Waals surface area contributed by atoms with Crippen LogP contribution in [0.25, 0.3) is 10.1 Å². The number of nitrogens with two attached hydrogens (primary N) is 1. The van der Waals surface area contributed by atoms with Crippen LogP contribution in [0.1, 0.15) is 21.3 Å². The molecule has 2 heterocycles. The molecular weight excluding hydrogens is 384 g/mol. The van der Waals surface area contributed by atoms with Crippen molar-refractivity contribution in [1.82, 2.24) is 4.31 Å². The highest BCUT2D eigenvalue weighted by Crippen LogP contribution is 2.38. The molecular formula is C19H18N2O4S2. The molecule has 1 aromatic heterocycles. The smallest absolute Gasteiger partial charge is 0.259 e. The molecule has 3 aromatic rings. The number of carbonyl (C=O) groups excluding carboxylic acids is 1. The molecule has 0 aliphatic carbocycles. The molecule has 1 atom stereocenters. The van der Waals surface area contributed by atoms with Crippen molar-refractivity contribution in [2.75, 3.05) is 19.7 Å². The summed E-state index contributed by atoms with van der Waals surface area (Å²) in [5.74, 6) is -0.530. The second-order valence-corrected chi connectivity index (χ2v) is 9.23. The Hall–Kier alpha value is -2.26. The highest BCUT2D eigenvalue weighted by molar-refractivity contribution is 7.89. The van der Waals surface area contributed by atoms with Crippen molar-refractivity contribution in [3.8, 4) is 0 Å². The molecule has 1 saturated heterocycles. The molecule has 4 rings (SSSR count). The van der Waals surface area contributed by atoms with Crippen LogP contribution in [-0.4, -0.2) is 38.3 Å². The van der Waals surface area contributed by atoms with Gasteiger partial charge in [0, 0.05) is 23.4 Å². The summed E-state index contributed by atoms with van der Waals surface area (Å²) in [6, 6.07) is 15.9. The van der Waals surface area contributed by atoms with Gasteiger partial charge in [-0.15, -0.1) is 11.3 Å². The van der Waals surface area contributed by atoms with Gasteiger partial charge in [0.1, 0.15) is 0 Å². The molecule has 1 fully saturated rings. The van der Waals surface area contributed by atoms with Gasteiger partial charge in [-0.25, -0.2) is 8.42 Å². The summed E-state index contributed by atoms with van der Waals surface area (Å²) in [6.45, 7) is 0.652. The van der Waals surface area contributed by atoms with E-state index in [1.165, 1.54) is 15.6 Å². The number of hydrogen-bond donors (Lipinski definition) is 1. The van der Waals surface area contributed by atoms with E-state index in [-0.39, 0.29) is 24.6 Å². The zero-order chi connectivity index (χ0) is 19.0. The lowest BCUT2D eigenvalue weighted by atomic mass is 10.0. The van der Waals surface area contributed by atoms with E-state index >= 15 is 0 Å². The van der Waals surface area contributed by atoms with Crippen molar-refractivity contribution in [3.63, 3.8) is 0 Å². The van der Waals surface area contributed by atoms with Crippen molar-refractivity contribution in [2.24, 2.45) is 5.73 Å². The van der Waals surface area contributed by atoms with Crippen LogP contribution < -0.4 is 5.73 Å². The van der Waals surface area contributed by atoms with E-state index in [2.05, 4.69) is 0 Å². The van der Waals surface area contributed by atoms with Gasteiger partial charge in [-0.3, -0.25) is 4.79 Å². The Morgan fingerprint density at radius 3 is 2.56 bits per heavy atom. The number of benzene rings is 2. The molecule has 1 unspecified atom stereocenters. The van der Waals surface area contributed by atoms with Crippen molar-refractivity contribution in [1.29, 1.82) is 0 Å². The number of morpholine rings is 1. The highest BCUT2D eigenvalue weighted by Gasteiger charge is 2.34. The fraction of sp³-hybridized carbons (Fsp3) is 0.211. The largest absolute Gasteiger partial charge is 0.371 e. The van der Waals surface area contributed by atoms with Gasteiger partial charge in [0.15, 0.2) is 0 Å². The molecule has 1 aliphatic heterocycles. The molecule has 0 bridgehead atoms. The first-order chi connectivity index (χ1) is 13.0. The number of sulfonamides is 1. The summed E-state index contributed by atoms with van der Waals surface area (Å²) in [7, 11) is -3.63. The minimum atomic E-state index is -3.63. The second-order valence-electron chi connectivity index (χ2n) is 6.24. The van der Waals surface area contributed by atoms with Crippen LogP contribution in [0.3, 0.4) is 0 Å². The molecule has 2 N–H and O–H groups in total. The van der Waals surface area contributed by atoms with Gasteiger partial charge in [-0.05, 0) is 23.6 Å². The van der Waals surface area contributed by atoms with E-state index in [1.807, 2.05) is 24.3 Å². The molecule has 8 heteroatoms. The lowest BCUT2D eigenvalue weighted by Crippen LogP contribution is -2.42. The highest BCUT2D eigenvalue weighted by atomic mass is 32.2. The van der Waals surface area contributed by atoms with Crippen molar-refractivity contribution >= 4 is 37.4 Å². The normalized spacial score (nSPS) is 18.6. The van der Waals surface area contributed by atoms with Crippen LogP contribution in [-0.2, 0) is 14.8 Å². The third kappa shape index (κ3) is 3.25. The average Bonchev–Trinajstić information content (AvgIpc) is 3.09. The number of fused-ring (bicyclic) bond motifs is 1. The quantitative estimate of drug-likeness (QED) is 0.727. The number of carbonyl (C=O) groups is 1. The lowest BCUT2D eigenvalue weighted by Gasteiger charge is -2.32. The summed E-state index contributed by atoms with van der Waals surface area (Å²) in [6.07, 6.45) is -0.545. The zero-order valence-electron chi connectivity index (χ0n) is 14.4. The van der Waals surface area contributed by atoms with Gasteiger partial charge in [0.05, 0.1) is 22.5 Å². The Bertz CT molecular complexity index is 1090. The summed E-state index contributed by atoms with van der Waals surface area (Å²) in [4.78, 5) is 12.6. The third-order valence-electron chi connectivity index (χ3n) is 4.59. The van der Waals surface area contributed by atoms with Crippen LogP contribution in [0.5, 0.6) is 0 Å². The average molecular weight is 402 g/mol. The van der Waals surface area contributed by atoms with Crippen molar-refractivity contribution in [3.05, 3.63) is 65.0 Å². The van der Waals surface area contributed by atoms with E-state index in [1.54, 1.807) is 30.3 Å². The van der Waals surface area contributed by atoms with Crippen LogP contribution in [0.15, 0.2) is 59.5 Å². The van der Waals surface area contributed by atoms with E-state index in [0.29, 0.717) is 10.4 Å². The first-order valence-electron chi connectivity index (χ1n) is 8.46. The number of thiophene rings is 1. The molecule has 1 aliphatic rings. The molecule has 2 aromatic carbocycles. The Kier molecular flexibility index (Phi) is 4.73. The van der Waals surface area contributed by atoms with Gasteiger partial charge >= 0.3 is 0 Å². The standard InChI is InChI=1S/C19H18N2O4S2/c20-19(22)18-17(14-8-4-5-9-16(14)26-18)15-12-21(10-11-25-15)27(23,24)13-6-2-1-3-7-13/h1-9,15H,10-12H2,(H2,20,22). The first kappa shape index (κ1) is 18.1. The number of primary amides is 1. The van der Waals surface area contributed by atoms with Crippen LogP contribution in [0, 0.1) is 0 Å². The fourth-order valence-corrected chi connectivity index (χ4v) is 5.88. The summed E-state index contributed by atoms with van der Waals surface area (Å²) in [5, 5.41) is 0.875. The van der Waals surface area contributed by atoms with Crippen molar-refractivity contribution in [2.45, 2.75) is 11.0 Å². The molecule has 0 spiro atoms. The van der Waals surface area contributed by atoms with Crippen LogP contribution in [0.4, 0.5) is 0 Å². The first-order valence-corrected chi connectivity index (χ1v) is 10.7. The number of rotatable bonds is 4. The van der Waals surface area contributed by atoms with Gasteiger partial charge in [0.25, 0.3) is 5.91 Å². The van der Waals surface area contributed by atoms with Gasteiger partial charge < -0.3 is 10.5 Å². The number of hydrogen-bond acceptors (Lipinski definition) is 5. The number of nitrogens with zero attached hydrogens (tertiary/aromatic N) is 1. The Morgan fingerprint density at radius 2 is 1.81 bits per heavy atom. The fourth-order valence-electron chi connectivity index (χ4n) is 3.33. The molecule has 6 nitrogen and oxygen atoms in total. The molecule has 1 amide bonds. The minimum absolute atomic E-state index is 0.137. The van der Waals surface area contributed by atoms with E-state index in [0.717, 1.165) is 10.1 Å². The molecule has 140 valence electrons. The number of ether oxygens (including phenoxy) is 1. The van der Waals surface area contributed by atoms with E-state index < -0.39 is 22.0 Å². The van der Waals surface area contributed by atoms with E-state index in [9.17, 15) is 13.2 Å². The van der Waals surface area contributed by atoms with Crippen LogP contribution >= 0.6 is 11.3 Å². The van der Waals surface area contributed by atoms with Gasteiger partial charge in [0.2, 0.25) is 10.0 Å². The summed E-state index contributed by atoms with van der Waals surface area (Å²) < 4.78 is 34.1. The SMILES string of the molecule is NC(=O)c1sc2ccccc2c1C1CN(S(=O)(=O)c2ccccc2)CCO1. The lowest BCUT2D eigenvalue weighted by molar-refractivity contribution is -0.00188. The third-order valence-corrected chi connectivity index (χ3v) is 7.67. The van der Waals surface area contributed by atoms with Crippen molar-refractivity contribution < 1.29 is 17.9 Å². The Morgan fingerprint density at radius 1 is 1.11 bits per heavy atom. The Balaban J connectivity index is 1.73. The molecule has 27 heavy (non-hydrogen) atoms. The predicted octanol–water partition coefficient (Wildman–Crippen LogP) is 2.76. The van der Waals surface area contributed by atoms with E-state index in [4.69, 9.17) is 10.5 Å².